The number of nitrogens with one attached hydrogen (secondary N) is 1. The average Bonchev–Trinajstić information content (AvgIpc) is 2.86. The van der Waals surface area contributed by atoms with Gasteiger partial charge in [-0.15, -0.1) is 0 Å². The van der Waals surface area contributed by atoms with Gasteiger partial charge in [-0.05, 0) is 26.3 Å². The highest BCUT2D eigenvalue weighted by molar-refractivity contribution is 5.28. The molecular weight excluding hydrogens is 230 g/mol. The van der Waals surface area contributed by atoms with Crippen LogP contribution in [0.3, 0.4) is 0 Å². The molecule has 0 amide bonds. The maximum atomic E-state index is 5.81. The summed E-state index contributed by atoms with van der Waals surface area (Å²) >= 11 is 0. The minimum absolute atomic E-state index is 0.318. The SMILES string of the molecule is CCCOC1CCCN(c2nc(CNC)co2)C1. The molecule has 0 spiro atoms. The van der Waals surface area contributed by atoms with Crippen LogP contribution < -0.4 is 10.2 Å². The Morgan fingerprint density at radius 2 is 2.50 bits per heavy atom. The number of aromatic nitrogens is 1. The molecule has 0 aromatic carbocycles. The van der Waals surface area contributed by atoms with Crippen LogP contribution in [0.15, 0.2) is 10.7 Å². The van der Waals surface area contributed by atoms with Crippen molar-refractivity contribution in [3.8, 4) is 0 Å². The Morgan fingerprint density at radius 3 is 3.28 bits per heavy atom. The van der Waals surface area contributed by atoms with Gasteiger partial charge in [-0.1, -0.05) is 6.92 Å². The quantitative estimate of drug-likeness (QED) is 0.837. The number of hydrogen-bond acceptors (Lipinski definition) is 5. The first-order valence-corrected chi connectivity index (χ1v) is 6.79. The minimum atomic E-state index is 0.318. The van der Waals surface area contributed by atoms with Gasteiger partial charge in [-0.3, -0.25) is 0 Å². The second-order valence-corrected chi connectivity index (χ2v) is 4.73. The number of hydrogen-bond donors (Lipinski definition) is 1. The first-order valence-electron chi connectivity index (χ1n) is 6.79. The van der Waals surface area contributed by atoms with Gasteiger partial charge in [0, 0.05) is 26.2 Å². The molecule has 1 aromatic rings. The fourth-order valence-corrected chi connectivity index (χ4v) is 2.24. The van der Waals surface area contributed by atoms with Crippen molar-refractivity contribution in [3.05, 3.63) is 12.0 Å². The molecule has 2 heterocycles. The Balaban J connectivity index is 1.90. The highest BCUT2D eigenvalue weighted by Gasteiger charge is 2.23. The molecule has 18 heavy (non-hydrogen) atoms. The van der Waals surface area contributed by atoms with Gasteiger partial charge in [-0.2, -0.15) is 4.98 Å². The molecule has 1 N–H and O–H groups in total. The number of nitrogens with zero attached hydrogens (tertiary/aromatic N) is 2. The van der Waals surface area contributed by atoms with Crippen LogP contribution in [0.1, 0.15) is 31.9 Å². The highest BCUT2D eigenvalue weighted by Crippen LogP contribution is 2.20. The van der Waals surface area contributed by atoms with E-state index in [0.717, 1.165) is 57.2 Å². The van der Waals surface area contributed by atoms with E-state index in [1.165, 1.54) is 0 Å². The molecule has 1 aromatic heterocycles. The van der Waals surface area contributed by atoms with Gasteiger partial charge in [0.05, 0.1) is 11.8 Å². The maximum Gasteiger partial charge on any atom is 0.297 e. The lowest BCUT2D eigenvalue weighted by Gasteiger charge is -2.31. The smallest absolute Gasteiger partial charge is 0.297 e. The molecule has 1 unspecified atom stereocenters. The number of oxazole rings is 1. The minimum Gasteiger partial charge on any atom is -0.432 e. The molecule has 1 atom stereocenters. The zero-order chi connectivity index (χ0) is 12.8. The zero-order valence-corrected chi connectivity index (χ0v) is 11.3. The van der Waals surface area contributed by atoms with Gasteiger partial charge in [-0.25, -0.2) is 0 Å². The van der Waals surface area contributed by atoms with Crippen molar-refractivity contribution in [1.82, 2.24) is 10.3 Å². The molecule has 0 saturated carbocycles. The van der Waals surface area contributed by atoms with Crippen LogP contribution in [-0.2, 0) is 11.3 Å². The Hall–Kier alpha value is -1.07. The summed E-state index contributed by atoms with van der Waals surface area (Å²) in [6.07, 6.45) is 5.39. The maximum absolute atomic E-state index is 5.81. The van der Waals surface area contributed by atoms with Crippen LogP contribution >= 0.6 is 0 Å². The van der Waals surface area contributed by atoms with Gasteiger partial charge in [0.25, 0.3) is 6.01 Å². The van der Waals surface area contributed by atoms with Crippen LogP contribution in [0, 0.1) is 0 Å². The Bertz CT molecular complexity index is 354. The second-order valence-electron chi connectivity index (χ2n) is 4.73. The Kier molecular flexibility index (Phi) is 5.01. The van der Waals surface area contributed by atoms with Gasteiger partial charge in [0.2, 0.25) is 0 Å². The number of anilines is 1. The summed E-state index contributed by atoms with van der Waals surface area (Å²) < 4.78 is 11.3. The van der Waals surface area contributed by atoms with Crippen molar-refractivity contribution in [2.45, 2.75) is 38.8 Å². The summed E-state index contributed by atoms with van der Waals surface area (Å²) in [6, 6.07) is 0.727. The summed E-state index contributed by atoms with van der Waals surface area (Å²) in [5.74, 6) is 0. The van der Waals surface area contributed by atoms with E-state index >= 15 is 0 Å². The fraction of sp³-hybridized carbons (Fsp3) is 0.769. The summed E-state index contributed by atoms with van der Waals surface area (Å²) in [7, 11) is 1.91. The van der Waals surface area contributed by atoms with Crippen molar-refractivity contribution in [1.29, 1.82) is 0 Å². The van der Waals surface area contributed by atoms with Crippen LogP contribution in [0.2, 0.25) is 0 Å². The van der Waals surface area contributed by atoms with Crippen molar-refractivity contribution in [2.75, 3.05) is 31.6 Å². The standard InChI is InChI=1S/C13H23N3O2/c1-3-7-17-12-5-4-6-16(9-12)13-15-11(8-14-2)10-18-13/h10,12,14H,3-9H2,1-2H3. The van der Waals surface area contributed by atoms with E-state index in [1.54, 1.807) is 6.26 Å². The number of piperidine rings is 1. The molecule has 1 fully saturated rings. The highest BCUT2D eigenvalue weighted by atomic mass is 16.5. The average molecular weight is 253 g/mol. The van der Waals surface area contributed by atoms with Crippen molar-refractivity contribution >= 4 is 6.01 Å². The molecular formula is C13H23N3O2. The zero-order valence-electron chi connectivity index (χ0n) is 11.3. The third kappa shape index (κ3) is 3.46. The van der Waals surface area contributed by atoms with Gasteiger partial charge < -0.3 is 19.4 Å². The molecule has 1 aliphatic rings. The summed E-state index contributed by atoms with van der Waals surface area (Å²) in [6.45, 7) is 5.62. The monoisotopic (exact) mass is 253 g/mol. The lowest BCUT2D eigenvalue weighted by molar-refractivity contribution is 0.0431. The van der Waals surface area contributed by atoms with E-state index in [0.29, 0.717) is 6.10 Å². The largest absolute Gasteiger partial charge is 0.432 e. The van der Waals surface area contributed by atoms with Crippen molar-refractivity contribution in [2.24, 2.45) is 0 Å². The third-order valence-corrected chi connectivity index (χ3v) is 3.10. The molecule has 1 saturated heterocycles. The molecule has 102 valence electrons. The summed E-state index contributed by atoms with van der Waals surface area (Å²) in [5, 5.41) is 3.07. The van der Waals surface area contributed by atoms with E-state index in [1.807, 2.05) is 7.05 Å². The molecule has 0 aliphatic carbocycles. The molecule has 1 aliphatic heterocycles. The van der Waals surface area contributed by atoms with Gasteiger partial charge in [0.1, 0.15) is 6.26 Å². The molecule has 5 heteroatoms. The summed E-state index contributed by atoms with van der Waals surface area (Å²) in [5.41, 5.74) is 0.948. The van der Waals surface area contributed by atoms with E-state index in [-0.39, 0.29) is 0 Å². The Morgan fingerprint density at radius 1 is 1.61 bits per heavy atom. The normalized spacial score (nSPS) is 20.3. The summed E-state index contributed by atoms with van der Waals surface area (Å²) in [4.78, 5) is 6.66. The number of rotatable bonds is 6. The number of ether oxygens (including phenoxy) is 1. The van der Waals surface area contributed by atoms with Gasteiger partial charge >= 0.3 is 0 Å². The lowest BCUT2D eigenvalue weighted by Crippen LogP contribution is -2.40. The van der Waals surface area contributed by atoms with Crippen molar-refractivity contribution in [3.63, 3.8) is 0 Å². The molecule has 5 nitrogen and oxygen atoms in total. The van der Waals surface area contributed by atoms with E-state index in [9.17, 15) is 0 Å². The van der Waals surface area contributed by atoms with E-state index in [4.69, 9.17) is 9.15 Å². The predicted octanol–water partition coefficient (Wildman–Crippen LogP) is 1.79. The second kappa shape index (κ2) is 6.75. The van der Waals surface area contributed by atoms with Crippen LogP contribution in [-0.4, -0.2) is 37.8 Å². The van der Waals surface area contributed by atoms with Crippen molar-refractivity contribution < 1.29 is 9.15 Å². The lowest BCUT2D eigenvalue weighted by atomic mass is 10.1. The first kappa shape index (κ1) is 13.4. The Labute approximate surface area is 109 Å². The van der Waals surface area contributed by atoms with Crippen LogP contribution in [0.25, 0.3) is 0 Å². The van der Waals surface area contributed by atoms with E-state index in [2.05, 4.69) is 22.1 Å². The third-order valence-electron chi connectivity index (χ3n) is 3.10. The topological polar surface area (TPSA) is 50.5 Å². The molecule has 0 bridgehead atoms. The molecule has 2 rings (SSSR count). The molecule has 0 radical (unpaired) electrons. The van der Waals surface area contributed by atoms with Crippen LogP contribution in [0.5, 0.6) is 0 Å². The van der Waals surface area contributed by atoms with E-state index < -0.39 is 0 Å². The van der Waals surface area contributed by atoms with Crippen LogP contribution in [0.4, 0.5) is 6.01 Å². The first-order chi connectivity index (χ1) is 8.83. The van der Waals surface area contributed by atoms with Gasteiger partial charge in [0.15, 0.2) is 0 Å². The predicted molar refractivity (Wildman–Crippen MR) is 70.7 cm³/mol. The fourth-order valence-electron chi connectivity index (χ4n) is 2.24.